The van der Waals surface area contributed by atoms with Crippen LogP contribution >= 0.6 is 23.2 Å². The number of sulfonamides is 1. The Bertz CT molecular complexity index is 1090. The molecule has 1 aromatic rings. The monoisotopic (exact) mass is 498 g/mol. The van der Waals surface area contributed by atoms with E-state index in [-0.39, 0.29) is 27.0 Å². The van der Waals surface area contributed by atoms with Crippen molar-refractivity contribution in [2.24, 2.45) is 28.4 Å². The Morgan fingerprint density at radius 3 is 2.28 bits per heavy atom. The van der Waals surface area contributed by atoms with Gasteiger partial charge in [-0.15, -0.1) is 0 Å². The normalized spacial score (nSPS) is 34.8. The molecule has 0 saturated heterocycles. The molecular weight excluding hydrogens is 471 g/mol. The molecule has 32 heavy (non-hydrogen) atoms. The minimum atomic E-state index is -4.00. The fraction of sp³-hybridized carbons (Fsp3) is 0.652. The third-order valence-corrected chi connectivity index (χ3v) is 10.7. The number of nitrogens with one attached hydrogen (secondary N) is 1. The summed E-state index contributed by atoms with van der Waals surface area (Å²) in [6, 6.07) is 4.21. The molecule has 1 aromatic carbocycles. The van der Waals surface area contributed by atoms with Gasteiger partial charge in [0.15, 0.2) is 5.78 Å². The molecule has 0 heterocycles. The average molecular weight is 499 g/mol. The number of Topliss-reactive ketones (excluding diaryl/α,β-unsaturated/α-hetero) is 1. The molecule has 5 aliphatic rings. The van der Waals surface area contributed by atoms with Gasteiger partial charge in [0.2, 0.25) is 15.9 Å². The van der Waals surface area contributed by atoms with Crippen LogP contribution in [0.1, 0.15) is 64.2 Å². The lowest BCUT2D eigenvalue weighted by Crippen LogP contribution is -2.62. The van der Waals surface area contributed by atoms with E-state index in [1.165, 1.54) is 18.2 Å². The molecule has 9 heteroatoms. The van der Waals surface area contributed by atoms with Gasteiger partial charge in [0, 0.05) is 11.4 Å². The van der Waals surface area contributed by atoms with Crippen molar-refractivity contribution in [3.8, 4) is 0 Å². The number of carbonyl (C=O) groups excluding carboxylic acids is 2. The van der Waals surface area contributed by atoms with Crippen LogP contribution in [0.15, 0.2) is 23.1 Å². The molecule has 5 aliphatic carbocycles. The van der Waals surface area contributed by atoms with Gasteiger partial charge in [-0.05, 0) is 93.2 Å². The van der Waals surface area contributed by atoms with Gasteiger partial charge in [-0.25, -0.2) is 8.42 Å². The second-order valence-electron chi connectivity index (χ2n) is 10.8. The van der Waals surface area contributed by atoms with Crippen LogP contribution in [-0.2, 0) is 19.6 Å². The molecule has 6 rings (SSSR count). The maximum absolute atomic E-state index is 13.7. The van der Waals surface area contributed by atoms with Gasteiger partial charge < -0.3 is 5.73 Å². The van der Waals surface area contributed by atoms with Gasteiger partial charge in [0.1, 0.15) is 4.90 Å². The maximum Gasteiger partial charge on any atom is 0.242 e. The Hall–Kier alpha value is -1.15. The molecule has 174 valence electrons. The van der Waals surface area contributed by atoms with Crippen molar-refractivity contribution in [3.05, 3.63) is 28.2 Å². The molecule has 1 amide bonds. The highest BCUT2D eigenvalue weighted by Gasteiger charge is 2.61. The third kappa shape index (κ3) is 3.60. The smallest absolute Gasteiger partial charge is 0.242 e. The van der Waals surface area contributed by atoms with Crippen LogP contribution in [0.2, 0.25) is 10.0 Å². The van der Waals surface area contributed by atoms with Gasteiger partial charge >= 0.3 is 0 Å². The first-order valence-electron chi connectivity index (χ1n) is 11.3. The second kappa shape index (κ2) is 7.42. The van der Waals surface area contributed by atoms with Crippen LogP contribution in [0.3, 0.4) is 0 Å². The van der Waals surface area contributed by atoms with Gasteiger partial charge in [0.05, 0.1) is 16.0 Å². The topological polar surface area (TPSA) is 106 Å². The van der Waals surface area contributed by atoms with Crippen LogP contribution in [0.4, 0.5) is 0 Å². The number of primary amides is 1. The zero-order valence-electron chi connectivity index (χ0n) is 17.8. The minimum absolute atomic E-state index is 0.0245. The Labute approximate surface area is 198 Å². The molecule has 0 aliphatic heterocycles. The van der Waals surface area contributed by atoms with E-state index < -0.39 is 21.0 Å². The summed E-state index contributed by atoms with van der Waals surface area (Å²) in [4.78, 5) is 25.9. The van der Waals surface area contributed by atoms with Gasteiger partial charge in [0.25, 0.3) is 0 Å². The summed E-state index contributed by atoms with van der Waals surface area (Å²) in [5.41, 5.74) is 3.99. The number of hydrogen-bond donors (Lipinski definition) is 2. The lowest BCUT2D eigenvalue weighted by atomic mass is 9.43. The number of hydrogen-bond acceptors (Lipinski definition) is 4. The van der Waals surface area contributed by atoms with Crippen molar-refractivity contribution >= 4 is 44.9 Å². The van der Waals surface area contributed by atoms with E-state index in [1.54, 1.807) is 0 Å². The van der Waals surface area contributed by atoms with Crippen molar-refractivity contribution in [2.75, 3.05) is 0 Å². The average Bonchev–Trinajstić information content (AvgIpc) is 2.62. The van der Waals surface area contributed by atoms with E-state index in [0.717, 1.165) is 38.5 Å². The SMILES string of the molecule is NC(=O)C12CC3CC(CC(CC(=O)C4(NS(=O)(=O)c5ccc(Cl)cc5Cl)CCC4)(C3)C1)C2. The van der Waals surface area contributed by atoms with Gasteiger partial charge in [-0.3, -0.25) is 9.59 Å². The zero-order chi connectivity index (χ0) is 22.9. The standard InChI is InChI=1S/C23H28Cl2N2O4S/c24-16-2-3-18(17(25)7-16)32(30,31)27-23(4-1-5-23)19(28)12-21-8-14-6-15(9-21)11-22(10-14,13-21)20(26)29/h2-3,7,14-15,27H,1,4-6,8-13H2,(H2,26,29). The van der Waals surface area contributed by atoms with Crippen molar-refractivity contribution in [1.29, 1.82) is 0 Å². The quantitative estimate of drug-likeness (QED) is 0.586. The first kappa shape index (κ1) is 22.6. The van der Waals surface area contributed by atoms with Crippen molar-refractivity contribution < 1.29 is 18.0 Å². The van der Waals surface area contributed by atoms with E-state index in [2.05, 4.69) is 4.72 Å². The molecule has 5 fully saturated rings. The molecule has 4 bridgehead atoms. The highest BCUT2D eigenvalue weighted by molar-refractivity contribution is 7.89. The number of carbonyl (C=O) groups is 2. The number of benzene rings is 1. The summed E-state index contributed by atoms with van der Waals surface area (Å²) in [5, 5.41) is 0.366. The first-order chi connectivity index (χ1) is 15.0. The fourth-order valence-corrected chi connectivity index (χ4v) is 9.65. The van der Waals surface area contributed by atoms with Crippen molar-refractivity contribution in [2.45, 2.75) is 74.6 Å². The number of halogens is 2. The lowest BCUT2D eigenvalue weighted by molar-refractivity contribution is -0.159. The molecule has 3 N–H and O–H groups in total. The lowest BCUT2D eigenvalue weighted by Gasteiger charge is -2.61. The summed E-state index contributed by atoms with van der Waals surface area (Å²) < 4.78 is 29.0. The third-order valence-electron chi connectivity index (χ3n) is 8.49. The predicted octanol–water partition coefficient (Wildman–Crippen LogP) is 4.23. The Kier molecular flexibility index (Phi) is 5.25. The predicted molar refractivity (Wildman–Crippen MR) is 122 cm³/mol. The molecule has 0 radical (unpaired) electrons. The number of rotatable bonds is 7. The van der Waals surface area contributed by atoms with Crippen LogP contribution in [0.5, 0.6) is 0 Å². The summed E-state index contributed by atoms with van der Waals surface area (Å²) >= 11 is 12.0. The van der Waals surface area contributed by atoms with E-state index in [1.807, 2.05) is 0 Å². The Morgan fingerprint density at radius 1 is 1.09 bits per heavy atom. The molecule has 0 aromatic heterocycles. The van der Waals surface area contributed by atoms with E-state index in [4.69, 9.17) is 28.9 Å². The van der Waals surface area contributed by atoms with Gasteiger partial charge in [-0.2, -0.15) is 4.72 Å². The first-order valence-corrected chi connectivity index (χ1v) is 13.5. The largest absolute Gasteiger partial charge is 0.369 e. The van der Waals surface area contributed by atoms with Crippen LogP contribution in [-0.4, -0.2) is 25.6 Å². The zero-order valence-corrected chi connectivity index (χ0v) is 20.2. The summed E-state index contributed by atoms with van der Waals surface area (Å²) in [5.74, 6) is 0.552. The molecule has 2 unspecified atom stereocenters. The number of nitrogens with two attached hydrogens (primary N) is 1. The van der Waals surface area contributed by atoms with E-state index in [0.29, 0.717) is 42.5 Å². The molecule has 6 nitrogen and oxygen atoms in total. The Morgan fingerprint density at radius 2 is 1.75 bits per heavy atom. The second-order valence-corrected chi connectivity index (χ2v) is 13.3. The van der Waals surface area contributed by atoms with E-state index >= 15 is 0 Å². The molecule has 5 saturated carbocycles. The fourth-order valence-electron chi connectivity index (χ4n) is 7.43. The van der Waals surface area contributed by atoms with Crippen LogP contribution in [0, 0.1) is 22.7 Å². The van der Waals surface area contributed by atoms with Gasteiger partial charge in [-0.1, -0.05) is 23.2 Å². The highest BCUT2D eigenvalue weighted by Crippen LogP contribution is 2.66. The number of ketones is 1. The molecule has 2 atom stereocenters. The van der Waals surface area contributed by atoms with E-state index in [9.17, 15) is 18.0 Å². The summed E-state index contributed by atoms with van der Waals surface area (Å²) in [6.07, 6.45) is 7.31. The van der Waals surface area contributed by atoms with Crippen molar-refractivity contribution in [1.82, 2.24) is 4.72 Å². The number of amides is 1. The minimum Gasteiger partial charge on any atom is -0.369 e. The highest BCUT2D eigenvalue weighted by atomic mass is 35.5. The van der Waals surface area contributed by atoms with Crippen LogP contribution in [0.25, 0.3) is 0 Å². The van der Waals surface area contributed by atoms with Crippen LogP contribution < -0.4 is 10.5 Å². The maximum atomic E-state index is 13.7. The molecule has 0 spiro atoms. The summed E-state index contributed by atoms with van der Waals surface area (Å²) in [7, 11) is -4.00. The Balaban J connectivity index is 1.39. The molecular formula is C23H28Cl2N2O4S. The van der Waals surface area contributed by atoms with Crippen molar-refractivity contribution in [3.63, 3.8) is 0 Å². The summed E-state index contributed by atoms with van der Waals surface area (Å²) in [6.45, 7) is 0.